The molecular formula is C19H18ClFN2O6. The molecule has 0 saturated heterocycles. The van der Waals surface area contributed by atoms with Crippen molar-refractivity contribution in [2.45, 2.75) is 18.9 Å². The van der Waals surface area contributed by atoms with E-state index < -0.39 is 17.8 Å². The van der Waals surface area contributed by atoms with E-state index in [0.717, 1.165) is 18.1 Å². The summed E-state index contributed by atoms with van der Waals surface area (Å²) in [6.07, 6.45) is 5.28. The molecule has 0 unspecified atom stereocenters. The lowest BCUT2D eigenvalue weighted by Gasteiger charge is -2.18. The van der Waals surface area contributed by atoms with Gasteiger partial charge in [0.25, 0.3) is 0 Å². The maximum Gasteiger partial charge on any atom is 0.328 e. The zero-order chi connectivity index (χ0) is 21.8. The number of aliphatic carboxylic acids is 2. The van der Waals surface area contributed by atoms with Gasteiger partial charge < -0.3 is 25.1 Å². The number of nitrogens with zero attached hydrogens (tertiary/aromatic N) is 1. The van der Waals surface area contributed by atoms with Crippen molar-refractivity contribution in [1.82, 2.24) is 0 Å². The Morgan fingerprint density at radius 1 is 1.34 bits per heavy atom. The lowest BCUT2D eigenvalue weighted by molar-refractivity contribution is -0.134. The Morgan fingerprint density at radius 2 is 2.00 bits per heavy atom. The molecule has 0 aliphatic heterocycles. The summed E-state index contributed by atoms with van der Waals surface area (Å²) in [5.74, 6) is -2.92. The molecule has 1 atom stereocenters. The average Bonchev–Trinajstić information content (AvgIpc) is 3.21. The lowest BCUT2D eigenvalue weighted by atomic mass is 10.1. The Balaban J connectivity index is 0.000000447. The highest BCUT2D eigenvalue weighted by Gasteiger charge is 2.18. The second kappa shape index (κ2) is 12.2. The van der Waals surface area contributed by atoms with E-state index in [0.29, 0.717) is 25.1 Å². The zero-order valence-electron chi connectivity index (χ0n) is 15.0. The van der Waals surface area contributed by atoms with Gasteiger partial charge in [0.05, 0.1) is 23.1 Å². The first-order valence-electron chi connectivity index (χ1n) is 8.20. The summed E-state index contributed by atoms with van der Waals surface area (Å²) in [6, 6.07) is 6.05. The first kappa shape index (κ1) is 23.7. The Kier molecular flexibility index (Phi) is 9.95. The van der Waals surface area contributed by atoms with Gasteiger partial charge in [-0.15, -0.1) is 0 Å². The maximum absolute atomic E-state index is 13.4. The van der Waals surface area contributed by atoms with Crippen LogP contribution in [0, 0.1) is 17.1 Å². The van der Waals surface area contributed by atoms with Crippen molar-refractivity contribution in [2.75, 3.05) is 6.54 Å². The third kappa shape index (κ3) is 8.47. The number of hydrogen-bond acceptors (Lipinski definition) is 6. The summed E-state index contributed by atoms with van der Waals surface area (Å²) >= 11 is 5.75. The highest BCUT2D eigenvalue weighted by molar-refractivity contribution is 6.30. The third-order valence-electron chi connectivity index (χ3n) is 3.37. The molecule has 1 heterocycles. The Bertz CT molecular complexity index is 877. The van der Waals surface area contributed by atoms with Crippen LogP contribution in [0.25, 0.3) is 0 Å². The lowest BCUT2D eigenvalue weighted by Crippen LogP contribution is -2.10. The van der Waals surface area contributed by atoms with Crippen molar-refractivity contribution in [3.8, 4) is 11.8 Å². The second-order valence-corrected chi connectivity index (χ2v) is 5.89. The van der Waals surface area contributed by atoms with Gasteiger partial charge in [-0.25, -0.2) is 14.0 Å². The Hall–Kier alpha value is -3.35. The summed E-state index contributed by atoms with van der Waals surface area (Å²) in [5.41, 5.74) is 6.44. The minimum absolute atomic E-state index is 0.0891. The highest BCUT2D eigenvalue weighted by atomic mass is 35.5. The Morgan fingerprint density at radius 3 is 2.48 bits per heavy atom. The highest BCUT2D eigenvalue weighted by Crippen LogP contribution is 2.31. The predicted molar refractivity (Wildman–Crippen MR) is 101 cm³/mol. The summed E-state index contributed by atoms with van der Waals surface area (Å²) in [7, 11) is 0. The molecule has 0 saturated carbocycles. The molecule has 29 heavy (non-hydrogen) atoms. The van der Waals surface area contributed by atoms with Gasteiger partial charge in [0.1, 0.15) is 23.7 Å². The van der Waals surface area contributed by atoms with Crippen LogP contribution in [0.1, 0.15) is 30.1 Å². The molecule has 0 fully saturated rings. The van der Waals surface area contributed by atoms with Crippen LogP contribution in [0.5, 0.6) is 5.75 Å². The van der Waals surface area contributed by atoms with Gasteiger partial charge in [0, 0.05) is 23.8 Å². The number of benzene rings is 1. The van der Waals surface area contributed by atoms with E-state index in [2.05, 4.69) is 0 Å². The van der Waals surface area contributed by atoms with Crippen LogP contribution in [0.3, 0.4) is 0 Å². The fraction of sp³-hybridized carbons (Fsp3) is 0.211. The van der Waals surface area contributed by atoms with Crippen LogP contribution in [0.2, 0.25) is 5.02 Å². The smallest absolute Gasteiger partial charge is 0.328 e. The molecule has 2 aromatic rings. The number of nitriles is 1. The fourth-order valence-electron chi connectivity index (χ4n) is 2.06. The van der Waals surface area contributed by atoms with Crippen LogP contribution in [0.15, 0.2) is 47.3 Å². The van der Waals surface area contributed by atoms with Crippen LogP contribution in [-0.4, -0.2) is 28.7 Å². The van der Waals surface area contributed by atoms with Crippen LogP contribution >= 0.6 is 11.6 Å². The average molecular weight is 425 g/mol. The second-order valence-electron chi connectivity index (χ2n) is 5.48. The van der Waals surface area contributed by atoms with Gasteiger partial charge in [0.2, 0.25) is 0 Å². The SMILES string of the molecule is N#Cc1cc(F)c(Cl)cc1O[C@H](CCCN)c1ccoc1.O=C(O)/C=C/C(=O)O. The first-order valence-corrected chi connectivity index (χ1v) is 8.58. The molecule has 0 radical (unpaired) electrons. The minimum Gasteiger partial charge on any atom is -0.484 e. The number of nitrogens with two attached hydrogens (primary N) is 1. The standard InChI is InChI=1S/C15H14ClFN2O2.C4H4O4/c16-12-7-15(11(8-19)6-13(12)17)21-14(2-1-4-18)10-3-5-20-9-10;5-3(6)1-2-4(7)8/h3,5-7,9,14H,1-2,4,18H2;1-2H,(H,5,6)(H,7,8)/b;2-1+/t14-;/m1./s1. The normalized spacial score (nSPS) is 11.2. The van der Waals surface area contributed by atoms with Gasteiger partial charge >= 0.3 is 11.9 Å². The Labute approximate surface area is 170 Å². The van der Waals surface area contributed by atoms with E-state index in [9.17, 15) is 14.0 Å². The molecular weight excluding hydrogens is 407 g/mol. The molecule has 154 valence electrons. The van der Waals surface area contributed by atoms with E-state index >= 15 is 0 Å². The van der Waals surface area contributed by atoms with Crippen LogP contribution in [0.4, 0.5) is 4.39 Å². The van der Waals surface area contributed by atoms with E-state index in [1.54, 1.807) is 12.3 Å². The number of carboxylic acid groups (broad SMARTS) is 2. The van der Waals surface area contributed by atoms with E-state index in [-0.39, 0.29) is 22.4 Å². The maximum atomic E-state index is 13.4. The predicted octanol–water partition coefficient (Wildman–Crippen LogP) is 3.51. The van der Waals surface area contributed by atoms with Crippen molar-refractivity contribution < 1.29 is 33.3 Å². The molecule has 0 spiro atoms. The molecule has 10 heteroatoms. The molecule has 0 aliphatic carbocycles. The van der Waals surface area contributed by atoms with Gasteiger partial charge in [-0.1, -0.05) is 11.6 Å². The number of hydrogen-bond donors (Lipinski definition) is 3. The minimum atomic E-state index is -1.26. The molecule has 0 amide bonds. The molecule has 1 aromatic carbocycles. The zero-order valence-corrected chi connectivity index (χ0v) is 15.8. The van der Waals surface area contributed by atoms with Gasteiger partial charge in [-0.3, -0.25) is 0 Å². The first-order chi connectivity index (χ1) is 13.8. The topological polar surface area (TPSA) is 147 Å². The number of ether oxygens (including phenoxy) is 1. The summed E-state index contributed by atoms with van der Waals surface area (Å²) in [5, 5.41) is 24.6. The number of carbonyl (C=O) groups is 2. The molecule has 0 aliphatic rings. The summed E-state index contributed by atoms with van der Waals surface area (Å²) in [4.78, 5) is 19.1. The van der Waals surface area contributed by atoms with E-state index in [4.69, 9.17) is 42.0 Å². The third-order valence-corrected chi connectivity index (χ3v) is 3.66. The van der Waals surface area contributed by atoms with Crippen molar-refractivity contribution in [3.05, 3.63) is 64.8 Å². The quantitative estimate of drug-likeness (QED) is 0.545. The number of furan rings is 1. The van der Waals surface area contributed by atoms with Crippen molar-refractivity contribution >= 4 is 23.5 Å². The number of rotatable bonds is 8. The van der Waals surface area contributed by atoms with Gasteiger partial charge in [-0.2, -0.15) is 5.26 Å². The monoisotopic (exact) mass is 424 g/mol. The van der Waals surface area contributed by atoms with Crippen molar-refractivity contribution in [3.63, 3.8) is 0 Å². The number of halogens is 2. The molecule has 2 rings (SSSR count). The molecule has 8 nitrogen and oxygen atoms in total. The van der Waals surface area contributed by atoms with Gasteiger partial charge in [0.15, 0.2) is 0 Å². The number of carboxylic acids is 2. The largest absolute Gasteiger partial charge is 0.484 e. The van der Waals surface area contributed by atoms with E-state index in [1.807, 2.05) is 6.07 Å². The summed E-state index contributed by atoms with van der Waals surface area (Å²) < 4.78 is 24.3. The van der Waals surface area contributed by atoms with Crippen LogP contribution in [-0.2, 0) is 9.59 Å². The van der Waals surface area contributed by atoms with Crippen molar-refractivity contribution in [2.24, 2.45) is 5.73 Å². The fourth-order valence-corrected chi connectivity index (χ4v) is 2.22. The van der Waals surface area contributed by atoms with Gasteiger partial charge in [-0.05, 0) is 31.5 Å². The molecule has 4 N–H and O–H groups in total. The molecule has 0 bridgehead atoms. The van der Waals surface area contributed by atoms with E-state index in [1.165, 1.54) is 12.3 Å². The van der Waals surface area contributed by atoms with Crippen molar-refractivity contribution in [1.29, 1.82) is 5.26 Å². The summed E-state index contributed by atoms with van der Waals surface area (Å²) in [6.45, 7) is 0.521. The molecule has 1 aromatic heterocycles. The van der Waals surface area contributed by atoms with Crippen LogP contribution < -0.4 is 10.5 Å².